The van der Waals surface area contributed by atoms with Crippen molar-refractivity contribution in [3.05, 3.63) is 211 Å². The Balaban J connectivity index is 1.13. The van der Waals surface area contributed by atoms with Crippen LogP contribution >= 0.6 is 0 Å². The molecule has 290 valence electrons. The summed E-state index contributed by atoms with van der Waals surface area (Å²) in [5.41, 5.74) is 21.2. The Kier molecular flexibility index (Phi) is 5.62. The summed E-state index contributed by atoms with van der Waals surface area (Å²) in [7, 11) is 0. The van der Waals surface area contributed by atoms with E-state index < -0.39 is 0 Å². The molecule has 62 heavy (non-hydrogen) atoms. The van der Waals surface area contributed by atoms with Gasteiger partial charge < -0.3 is 4.42 Å². The minimum Gasteiger partial charge on any atom is -0.464 e. The first-order valence-electron chi connectivity index (χ1n) is 22.1. The van der Waals surface area contributed by atoms with Crippen molar-refractivity contribution in [1.82, 2.24) is 18.3 Å². The molecule has 0 bridgehead atoms. The molecule has 6 atom stereocenters. The van der Waals surface area contributed by atoms with Crippen LogP contribution in [0.4, 0.5) is 28.4 Å². The van der Waals surface area contributed by atoms with Gasteiger partial charge in [0.25, 0.3) is 22.7 Å². The van der Waals surface area contributed by atoms with E-state index in [2.05, 4.69) is 197 Å². The van der Waals surface area contributed by atoms with Crippen molar-refractivity contribution in [2.24, 2.45) is 0 Å². The Morgan fingerprint density at radius 3 is 2.35 bits per heavy atom. The van der Waals surface area contributed by atoms with Crippen molar-refractivity contribution in [2.75, 3.05) is 0 Å². The zero-order chi connectivity index (χ0) is 40.1. The van der Waals surface area contributed by atoms with Gasteiger partial charge in [-0.05, 0) is 94.4 Å². The number of benzene rings is 6. The second kappa shape index (κ2) is 10.7. The molecule has 1 fully saturated rings. The van der Waals surface area contributed by atoms with Crippen molar-refractivity contribution in [2.45, 2.75) is 31.1 Å². The molecule has 0 saturated carbocycles. The normalized spacial score (nSPS) is 26.6. The van der Waals surface area contributed by atoms with Gasteiger partial charge in [0.2, 0.25) is 11.7 Å². The predicted molar refractivity (Wildman–Crippen MR) is 248 cm³/mol. The molecule has 0 amide bonds. The fourth-order valence-electron chi connectivity index (χ4n) is 13.9. The van der Waals surface area contributed by atoms with Crippen molar-refractivity contribution in [3.8, 4) is 28.1 Å². The number of allylic oxidation sites excluding steroid dienone is 4. The fraction of sp³-hybridized carbons (Fsp3) is 0.0893. The van der Waals surface area contributed by atoms with Crippen LogP contribution in [0.3, 0.4) is 0 Å². The van der Waals surface area contributed by atoms with Gasteiger partial charge in [0.15, 0.2) is 11.9 Å². The Morgan fingerprint density at radius 2 is 1.45 bits per heavy atom. The molecule has 6 unspecified atom stereocenters. The molecular formula is C56H39N5O+4. The second-order valence-corrected chi connectivity index (χ2v) is 18.1. The number of hydrogen-bond donors (Lipinski definition) is 0. The Morgan fingerprint density at radius 1 is 0.661 bits per heavy atom. The molecular weight excluding hydrogens is 759 g/mol. The molecule has 7 aliphatic rings. The van der Waals surface area contributed by atoms with E-state index in [9.17, 15) is 0 Å². The average molecular weight is 798 g/mol. The highest BCUT2D eigenvalue weighted by atomic mass is 16.3. The lowest BCUT2D eigenvalue weighted by Gasteiger charge is -2.40. The van der Waals surface area contributed by atoms with Crippen LogP contribution in [0.1, 0.15) is 47.2 Å². The smallest absolute Gasteiger partial charge is 0.464 e. The SMILES string of the molecule is C1=CCCC(c2cccc(-c3ccccc3)c2[N+]23c4ccccc4[N+]24c2cccc5c2[N+]2(C6c7c(c8ccccc8n7-c7cccc[n+]72)C=CC6c2cc6occc6cc2-5)C43)=C1. The highest BCUT2D eigenvalue weighted by Gasteiger charge is 3.11. The van der Waals surface area contributed by atoms with Gasteiger partial charge in [-0.3, -0.25) is 0 Å². The number of aromatic nitrogens is 2. The number of furan rings is 1. The molecule has 5 aliphatic heterocycles. The zero-order valence-electron chi connectivity index (χ0n) is 33.8. The van der Waals surface area contributed by atoms with Gasteiger partial charge in [-0.15, -0.1) is 0 Å². The maximum Gasteiger partial charge on any atom is 0.494 e. The topological polar surface area (TPSA) is 21.9 Å². The van der Waals surface area contributed by atoms with Crippen LogP contribution in [0.25, 0.3) is 61.6 Å². The summed E-state index contributed by atoms with van der Waals surface area (Å²) in [6, 6.07) is 57.9. The lowest BCUT2D eigenvalue weighted by atomic mass is 9.80. The molecule has 16 rings (SSSR count). The lowest BCUT2D eigenvalue weighted by molar-refractivity contribution is -0.818. The van der Waals surface area contributed by atoms with E-state index in [0.29, 0.717) is 9.18 Å². The molecule has 6 heteroatoms. The third-order valence-electron chi connectivity index (χ3n) is 15.8. The molecule has 2 aliphatic carbocycles. The molecule has 1 saturated heterocycles. The van der Waals surface area contributed by atoms with Crippen LogP contribution in [-0.4, -0.2) is 10.9 Å². The van der Waals surface area contributed by atoms with E-state index in [4.69, 9.17) is 4.42 Å². The summed E-state index contributed by atoms with van der Waals surface area (Å²) in [5.74, 6) is 1.23. The van der Waals surface area contributed by atoms with Gasteiger partial charge in [0, 0.05) is 65.5 Å². The summed E-state index contributed by atoms with van der Waals surface area (Å²) < 4.78 is 13.6. The van der Waals surface area contributed by atoms with Crippen LogP contribution in [0.15, 0.2) is 193 Å². The standard InChI is InChI=1S/C56H39N5O/c1-3-15-35(16-4-1)38-20-13-21-39(36-17-5-2-6-18-36)53(38)61-48-25-10-9-24-47(48)60(61)49-26-14-22-42-44-33-37-30-32-62-50(37)34-45(44)43-29-28-41-40-19-7-8-23-46(40)58-51-27-11-12-31-57(51)59(54(42)49,56(60)61)55(43)52(41)58/h1-5,7-17,19-34,43,55-56H,6,18H2/q+4. The van der Waals surface area contributed by atoms with Gasteiger partial charge in [-0.25, -0.2) is 0 Å². The van der Waals surface area contributed by atoms with Gasteiger partial charge in [-0.1, -0.05) is 103 Å². The fourth-order valence-corrected chi connectivity index (χ4v) is 13.9. The minimum atomic E-state index is -0.0145. The average Bonchev–Trinajstić information content (AvgIpc) is 3.67. The van der Waals surface area contributed by atoms with Crippen LogP contribution in [0.2, 0.25) is 0 Å². The van der Waals surface area contributed by atoms with Crippen LogP contribution in [0, 0.1) is 0 Å². The van der Waals surface area contributed by atoms with Gasteiger partial charge in [0.1, 0.15) is 11.1 Å². The third kappa shape index (κ3) is 3.26. The lowest BCUT2D eigenvalue weighted by Crippen LogP contribution is -2.79. The summed E-state index contributed by atoms with van der Waals surface area (Å²) in [6.45, 7) is 0. The second-order valence-electron chi connectivity index (χ2n) is 18.1. The molecule has 3 aromatic heterocycles. The predicted octanol–water partition coefficient (Wildman–Crippen LogP) is 13.2. The molecule has 6 nitrogen and oxygen atoms in total. The Hall–Kier alpha value is -7.35. The molecule has 8 heterocycles. The number of fused-ring (bicyclic) bond motifs is 12. The minimum absolute atomic E-state index is 0.00559. The highest BCUT2D eigenvalue weighted by molar-refractivity contribution is 6.09. The van der Waals surface area contributed by atoms with Crippen molar-refractivity contribution < 1.29 is 9.09 Å². The maximum absolute atomic E-state index is 6.25. The highest BCUT2D eigenvalue weighted by Crippen LogP contribution is 2.86. The van der Waals surface area contributed by atoms with Gasteiger partial charge >= 0.3 is 12.1 Å². The number of para-hydroxylation sites is 5. The quantitative estimate of drug-likeness (QED) is 0.0991. The number of quaternary nitrogens is 3. The number of hydrogen-bond acceptors (Lipinski definition) is 1. The number of pyridine rings is 1. The zero-order valence-corrected chi connectivity index (χ0v) is 33.8. The van der Waals surface area contributed by atoms with Crippen LogP contribution < -0.4 is 18.5 Å². The first kappa shape index (κ1) is 32.4. The largest absolute Gasteiger partial charge is 0.494 e. The van der Waals surface area contributed by atoms with Crippen LogP contribution in [-0.2, 0) is 0 Å². The van der Waals surface area contributed by atoms with Gasteiger partial charge in [-0.2, -0.15) is 4.57 Å². The van der Waals surface area contributed by atoms with E-state index >= 15 is 0 Å². The molecule has 0 N–H and O–H groups in total. The van der Waals surface area contributed by atoms with Crippen molar-refractivity contribution in [3.63, 3.8) is 0 Å². The summed E-state index contributed by atoms with van der Waals surface area (Å²) in [6.07, 6.45) is 18.3. The summed E-state index contributed by atoms with van der Waals surface area (Å²) in [4.78, 5) is 0. The van der Waals surface area contributed by atoms with Gasteiger partial charge in [0.05, 0.1) is 17.7 Å². The van der Waals surface area contributed by atoms with Crippen molar-refractivity contribution in [1.29, 1.82) is 0 Å². The molecule has 6 aromatic carbocycles. The van der Waals surface area contributed by atoms with E-state index in [0.717, 1.165) is 28.4 Å². The Labute approximate surface area is 358 Å². The molecule has 9 aromatic rings. The number of nitrogens with zero attached hydrogens (tertiary/aromatic N) is 5. The monoisotopic (exact) mass is 797 g/mol. The molecule has 0 radical (unpaired) electrons. The maximum atomic E-state index is 6.25. The first-order chi connectivity index (χ1) is 30.8. The first-order valence-corrected chi connectivity index (χ1v) is 22.1. The summed E-state index contributed by atoms with van der Waals surface area (Å²) in [5, 5.41) is 2.44. The van der Waals surface area contributed by atoms with E-state index in [1.807, 2.05) is 6.26 Å². The third-order valence-corrected chi connectivity index (χ3v) is 15.8. The van der Waals surface area contributed by atoms with Crippen LogP contribution in [0.5, 0.6) is 0 Å². The van der Waals surface area contributed by atoms with E-state index in [1.165, 1.54) is 95.4 Å². The van der Waals surface area contributed by atoms with Crippen molar-refractivity contribution >= 4 is 62.0 Å². The summed E-state index contributed by atoms with van der Waals surface area (Å²) >= 11 is 0. The van der Waals surface area contributed by atoms with E-state index in [1.54, 1.807) is 0 Å². The number of rotatable bonds is 3. The Bertz CT molecular complexity index is 3650. The van der Waals surface area contributed by atoms with E-state index in [-0.39, 0.29) is 18.2 Å². The molecule has 2 spiro atoms.